The van der Waals surface area contributed by atoms with E-state index in [1.165, 1.54) is 18.4 Å². The Morgan fingerprint density at radius 2 is 2.12 bits per heavy atom. The van der Waals surface area contributed by atoms with Crippen LogP contribution in [0.25, 0.3) is 32.5 Å². The van der Waals surface area contributed by atoms with Crippen LogP contribution >= 0.6 is 23.1 Å². The van der Waals surface area contributed by atoms with Crippen molar-refractivity contribution in [1.29, 1.82) is 0 Å². The molecule has 2 amide bonds. The summed E-state index contributed by atoms with van der Waals surface area (Å²) in [6.07, 6.45) is 1.19. The molecule has 0 saturated heterocycles. The predicted octanol–water partition coefficient (Wildman–Crippen LogP) is 4.07. The van der Waals surface area contributed by atoms with Gasteiger partial charge in [-0.15, -0.1) is 11.8 Å². The molecule has 0 bridgehead atoms. The highest BCUT2D eigenvalue weighted by atomic mass is 32.2. The number of amides is 2. The summed E-state index contributed by atoms with van der Waals surface area (Å²) in [5.41, 5.74) is 2.72. The lowest BCUT2D eigenvalue weighted by Crippen LogP contribution is -2.19. The molecule has 176 valence electrons. The van der Waals surface area contributed by atoms with Gasteiger partial charge < -0.3 is 10.6 Å². The fraction of sp³-hybridized carbons (Fsp3) is 0.318. The second-order valence-corrected chi connectivity index (χ2v) is 9.82. The molecule has 1 fully saturated rings. The van der Waals surface area contributed by atoms with Crippen LogP contribution in [0.4, 0.5) is 13.9 Å². The Morgan fingerprint density at radius 3 is 2.82 bits per heavy atom. The van der Waals surface area contributed by atoms with Crippen molar-refractivity contribution in [3.05, 3.63) is 29.7 Å². The van der Waals surface area contributed by atoms with Gasteiger partial charge in [0.2, 0.25) is 11.8 Å². The Balaban J connectivity index is 1.55. The summed E-state index contributed by atoms with van der Waals surface area (Å²) in [4.78, 5) is 33.7. The second kappa shape index (κ2) is 8.91. The summed E-state index contributed by atoms with van der Waals surface area (Å²) in [6.45, 7) is 1.86. The molecule has 1 aliphatic carbocycles. The van der Waals surface area contributed by atoms with E-state index in [-0.39, 0.29) is 24.0 Å². The number of aromatic amines is 1. The van der Waals surface area contributed by atoms with Crippen LogP contribution in [0.2, 0.25) is 0 Å². The van der Waals surface area contributed by atoms with Crippen molar-refractivity contribution < 1.29 is 18.4 Å². The van der Waals surface area contributed by atoms with Crippen LogP contribution in [0.1, 0.15) is 18.9 Å². The topological polar surface area (TPSA) is 113 Å². The zero-order valence-corrected chi connectivity index (χ0v) is 19.9. The zero-order chi connectivity index (χ0) is 24.0. The third-order valence-electron chi connectivity index (χ3n) is 5.67. The number of aromatic nitrogens is 4. The molecule has 3 heterocycles. The number of anilines is 1. The number of carbonyl (C=O) groups is 2. The fourth-order valence-corrected chi connectivity index (χ4v) is 5.59. The van der Waals surface area contributed by atoms with Gasteiger partial charge in [-0.25, -0.2) is 18.7 Å². The molecular formula is C22H20F2N6O2S2. The maximum atomic E-state index is 15.6. The number of fused-ring (bicyclic) bond motifs is 2. The number of benzene rings is 1. The van der Waals surface area contributed by atoms with Crippen LogP contribution in [0.3, 0.4) is 0 Å². The molecule has 5 rings (SSSR count). The Hall–Kier alpha value is -3.12. The Labute approximate surface area is 200 Å². The minimum atomic E-state index is -1.09. The fourth-order valence-electron chi connectivity index (χ4n) is 3.78. The van der Waals surface area contributed by atoms with Gasteiger partial charge >= 0.3 is 0 Å². The quantitative estimate of drug-likeness (QED) is 0.329. The van der Waals surface area contributed by atoms with Crippen molar-refractivity contribution in [3.8, 4) is 11.3 Å². The van der Waals surface area contributed by atoms with E-state index in [1.54, 1.807) is 18.3 Å². The number of thioether (sulfide) groups is 1. The van der Waals surface area contributed by atoms with E-state index in [0.29, 0.717) is 54.5 Å². The maximum absolute atomic E-state index is 15.6. The number of nitrogens with zero attached hydrogens (tertiary/aromatic N) is 3. The first-order valence-corrected chi connectivity index (χ1v) is 12.4. The molecule has 2 atom stereocenters. The lowest BCUT2D eigenvalue weighted by Gasteiger charge is -2.14. The largest absolute Gasteiger partial charge is 0.358 e. The average Bonchev–Trinajstić information content (AvgIpc) is 3.20. The van der Waals surface area contributed by atoms with Crippen LogP contribution in [0.5, 0.6) is 0 Å². The monoisotopic (exact) mass is 502 g/mol. The molecule has 1 aromatic carbocycles. The minimum Gasteiger partial charge on any atom is -0.358 e. The molecule has 0 radical (unpaired) electrons. The van der Waals surface area contributed by atoms with Crippen LogP contribution in [-0.2, 0) is 16.0 Å². The van der Waals surface area contributed by atoms with E-state index in [2.05, 4.69) is 25.8 Å². The van der Waals surface area contributed by atoms with E-state index in [0.717, 1.165) is 11.8 Å². The molecule has 34 heavy (non-hydrogen) atoms. The molecule has 2 unspecified atom stereocenters. The maximum Gasteiger partial charge on any atom is 0.232 e. The molecule has 3 aromatic heterocycles. The number of hydrogen-bond donors (Lipinski definition) is 3. The highest BCUT2D eigenvalue weighted by Crippen LogP contribution is 2.41. The van der Waals surface area contributed by atoms with E-state index < -0.39 is 17.9 Å². The molecular weight excluding hydrogens is 482 g/mol. The smallest absolute Gasteiger partial charge is 0.232 e. The first-order valence-electron chi connectivity index (χ1n) is 10.6. The third-order valence-corrected chi connectivity index (χ3v) is 7.63. The molecule has 0 aliphatic heterocycles. The van der Waals surface area contributed by atoms with Gasteiger partial charge in [-0.1, -0.05) is 18.3 Å². The van der Waals surface area contributed by atoms with E-state index >= 15 is 4.39 Å². The zero-order valence-electron chi connectivity index (χ0n) is 18.2. The van der Waals surface area contributed by atoms with E-state index in [4.69, 9.17) is 4.98 Å². The molecule has 12 heteroatoms. The SMILES string of the molecule is CCc1c(F)c(SCC(=O)NC)c2[nH]ncc2c1-c1ccc2nc(NC(=O)C3CC3F)sc2n1. The number of halogens is 2. The first kappa shape index (κ1) is 22.7. The summed E-state index contributed by atoms with van der Waals surface area (Å²) in [7, 11) is 1.54. The van der Waals surface area contributed by atoms with Crippen molar-refractivity contribution in [2.75, 3.05) is 18.1 Å². The number of thiazole rings is 1. The van der Waals surface area contributed by atoms with Crippen molar-refractivity contribution in [2.45, 2.75) is 30.8 Å². The summed E-state index contributed by atoms with van der Waals surface area (Å²) in [5, 5.41) is 13.2. The van der Waals surface area contributed by atoms with Gasteiger partial charge in [0.1, 0.15) is 22.3 Å². The van der Waals surface area contributed by atoms with Gasteiger partial charge in [0.25, 0.3) is 0 Å². The van der Waals surface area contributed by atoms with Gasteiger partial charge in [0, 0.05) is 18.0 Å². The van der Waals surface area contributed by atoms with E-state index in [9.17, 15) is 14.0 Å². The summed E-state index contributed by atoms with van der Waals surface area (Å²) < 4.78 is 28.8. The van der Waals surface area contributed by atoms with Gasteiger partial charge in [-0.3, -0.25) is 14.7 Å². The molecule has 3 N–H and O–H groups in total. The Morgan fingerprint density at radius 1 is 1.32 bits per heavy atom. The summed E-state index contributed by atoms with van der Waals surface area (Å²) in [5.74, 6) is -1.53. The molecule has 0 spiro atoms. The number of H-pyrrole nitrogens is 1. The Bertz CT molecular complexity index is 1440. The van der Waals surface area contributed by atoms with Gasteiger partial charge in [0.15, 0.2) is 5.13 Å². The molecule has 1 aliphatic rings. The van der Waals surface area contributed by atoms with Crippen LogP contribution < -0.4 is 10.6 Å². The highest BCUT2D eigenvalue weighted by Gasteiger charge is 2.43. The van der Waals surface area contributed by atoms with Crippen molar-refractivity contribution >= 4 is 61.3 Å². The van der Waals surface area contributed by atoms with Crippen LogP contribution in [0.15, 0.2) is 23.2 Å². The molecule has 8 nitrogen and oxygen atoms in total. The third kappa shape index (κ3) is 4.00. The second-order valence-electron chi connectivity index (χ2n) is 7.86. The van der Waals surface area contributed by atoms with Crippen molar-refractivity contribution in [2.24, 2.45) is 5.92 Å². The number of hydrogen-bond acceptors (Lipinski definition) is 7. The number of rotatable bonds is 7. The van der Waals surface area contributed by atoms with Crippen molar-refractivity contribution in [3.63, 3.8) is 0 Å². The lowest BCUT2D eigenvalue weighted by atomic mass is 9.97. The number of pyridine rings is 1. The molecule has 1 saturated carbocycles. The van der Waals surface area contributed by atoms with Gasteiger partial charge in [0.05, 0.1) is 34.0 Å². The van der Waals surface area contributed by atoms with Crippen LogP contribution in [0, 0.1) is 11.7 Å². The van der Waals surface area contributed by atoms with E-state index in [1.807, 2.05) is 6.92 Å². The van der Waals surface area contributed by atoms with Crippen molar-refractivity contribution in [1.82, 2.24) is 25.5 Å². The Kier molecular flexibility index (Phi) is 5.94. The predicted molar refractivity (Wildman–Crippen MR) is 128 cm³/mol. The highest BCUT2D eigenvalue weighted by molar-refractivity contribution is 8.00. The first-order chi connectivity index (χ1) is 16.4. The standard InChI is InChI=1S/C22H20F2N6O2S2/c1-3-9-16(11-7-26-30-18(11)19(17(9)24)33-8-15(31)25-2)13-4-5-14-21(27-13)34-22(28-14)29-20(32)10-6-12(10)23/h4-5,7,10,12H,3,6,8H2,1-2H3,(H,25,31)(H,26,30)(H,28,29,32). The van der Waals surface area contributed by atoms with Gasteiger partial charge in [-0.05, 0) is 30.5 Å². The summed E-state index contributed by atoms with van der Waals surface area (Å²) in [6, 6.07) is 3.51. The number of carbonyl (C=O) groups excluding carboxylic acids is 2. The van der Waals surface area contributed by atoms with Gasteiger partial charge in [-0.2, -0.15) is 5.10 Å². The van der Waals surface area contributed by atoms with Crippen LogP contribution in [-0.4, -0.2) is 51.0 Å². The summed E-state index contributed by atoms with van der Waals surface area (Å²) >= 11 is 2.29. The lowest BCUT2D eigenvalue weighted by molar-refractivity contribution is -0.118. The number of alkyl halides is 1. The number of nitrogens with one attached hydrogen (secondary N) is 3. The average molecular weight is 503 g/mol. The normalized spacial score (nSPS) is 17.3. The molecule has 4 aromatic rings. The minimum absolute atomic E-state index is 0.0770.